The maximum absolute atomic E-state index is 13.1. The van der Waals surface area contributed by atoms with Gasteiger partial charge in [0.15, 0.2) is 11.5 Å². The summed E-state index contributed by atoms with van der Waals surface area (Å²) in [5, 5.41) is 0. The van der Waals surface area contributed by atoms with Gasteiger partial charge in [0.2, 0.25) is 17.9 Å². The second-order valence-corrected chi connectivity index (χ2v) is 8.68. The number of piperazine rings is 1. The minimum Gasteiger partial charge on any atom is -0.485 e. The van der Waals surface area contributed by atoms with Crippen molar-refractivity contribution in [3.05, 3.63) is 60.2 Å². The molecule has 3 amide bonds. The van der Waals surface area contributed by atoms with Crippen molar-refractivity contribution in [1.29, 1.82) is 0 Å². The maximum Gasteiger partial charge on any atom is 0.267 e. The third-order valence-electron chi connectivity index (χ3n) is 6.47. The first kappa shape index (κ1) is 21.3. The molecule has 2 saturated heterocycles. The zero-order chi connectivity index (χ0) is 22.8. The van der Waals surface area contributed by atoms with Crippen LogP contribution in [0.1, 0.15) is 12.0 Å². The van der Waals surface area contributed by atoms with Crippen LogP contribution in [0.25, 0.3) is 0 Å². The molecule has 172 valence electrons. The van der Waals surface area contributed by atoms with E-state index in [1.165, 1.54) is 0 Å². The predicted octanol–water partition coefficient (Wildman–Crippen LogP) is 1.55. The molecule has 0 spiro atoms. The second-order valence-electron chi connectivity index (χ2n) is 8.68. The minimum absolute atomic E-state index is 0.00260. The molecule has 3 aliphatic rings. The van der Waals surface area contributed by atoms with Gasteiger partial charge < -0.3 is 24.2 Å². The molecule has 0 aliphatic carbocycles. The van der Waals surface area contributed by atoms with Crippen LogP contribution in [-0.2, 0) is 20.9 Å². The number of para-hydroxylation sites is 2. The normalized spacial score (nSPS) is 22.4. The fourth-order valence-corrected chi connectivity index (χ4v) is 4.64. The van der Waals surface area contributed by atoms with Crippen molar-refractivity contribution in [2.24, 2.45) is 5.92 Å². The molecule has 0 bridgehead atoms. The van der Waals surface area contributed by atoms with Crippen LogP contribution in [0.15, 0.2) is 54.6 Å². The van der Waals surface area contributed by atoms with Crippen molar-refractivity contribution in [1.82, 2.24) is 14.7 Å². The topological polar surface area (TPSA) is 79.4 Å². The number of likely N-dealkylation sites (tertiary alicyclic amines) is 1. The average Bonchev–Trinajstić information content (AvgIpc) is 3.23. The van der Waals surface area contributed by atoms with Crippen LogP contribution in [0.5, 0.6) is 11.5 Å². The lowest BCUT2D eigenvalue weighted by atomic mass is 10.1. The Morgan fingerprint density at radius 1 is 0.848 bits per heavy atom. The highest BCUT2D eigenvalue weighted by atomic mass is 16.6. The first-order chi connectivity index (χ1) is 16.1. The highest BCUT2D eigenvalue weighted by Gasteiger charge is 2.38. The monoisotopic (exact) mass is 449 g/mol. The van der Waals surface area contributed by atoms with E-state index in [1.54, 1.807) is 20.8 Å². The molecular formula is C25H27N3O5. The van der Waals surface area contributed by atoms with Gasteiger partial charge in [-0.25, -0.2) is 0 Å². The second kappa shape index (κ2) is 9.13. The molecule has 2 aromatic carbocycles. The summed E-state index contributed by atoms with van der Waals surface area (Å²) in [6.45, 7) is 2.95. The molecule has 33 heavy (non-hydrogen) atoms. The van der Waals surface area contributed by atoms with Crippen LogP contribution >= 0.6 is 0 Å². The van der Waals surface area contributed by atoms with Gasteiger partial charge in [0, 0.05) is 45.7 Å². The van der Waals surface area contributed by atoms with E-state index in [2.05, 4.69) is 0 Å². The smallest absolute Gasteiger partial charge is 0.267 e. The first-order valence-electron chi connectivity index (χ1n) is 11.4. The molecule has 0 saturated carbocycles. The van der Waals surface area contributed by atoms with E-state index < -0.39 is 6.10 Å². The van der Waals surface area contributed by atoms with E-state index in [-0.39, 0.29) is 36.7 Å². The van der Waals surface area contributed by atoms with Crippen molar-refractivity contribution >= 4 is 17.7 Å². The number of ether oxygens (including phenoxy) is 2. The van der Waals surface area contributed by atoms with Gasteiger partial charge in [-0.3, -0.25) is 14.4 Å². The molecule has 0 radical (unpaired) electrons. The first-order valence-corrected chi connectivity index (χ1v) is 11.4. The molecule has 3 heterocycles. The number of nitrogens with zero attached hydrogens (tertiary/aromatic N) is 3. The fraction of sp³-hybridized carbons (Fsp3) is 0.400. The Labute approximate surface area is 192 Å². The Morgan fingerprint density at radius 3 is 2.21 bits per heavy atom. The zero-order valence-corrected chi connectivity index (χ0v) is 18.4. The van der Waals surface area contributed by atoms with Crippen LogP contribution in [0.4, 0.5) is 0 Å². The summed E-state index contributed by atoms with van der Waals surface area (Å²) in [6, 6.07) is 17.1. The summed E-state index contributed by atoms with van der Waals surface area (Å²) in [5.74, 6) is 0.779. The Bertz CT molecular complexity index is 1040. The van der Waals surface area contributed by atoms with Crippen LogP contribution in [0, 0.1) is 5.92 Å². The van der Waals surface area contributed by atoms with Crippen molar-refractivity contribution in [2.75, 3.05) is 39.3 Å². The van der Waals surface area contributed by atoms with Gasteiger partial charge in [0.05, 0.1) is 5.92 Å². The molecule has 2 unspecified atom stereocenters. The van der Waals surface area contributed by atoms with Crippen LogP contribution in [-0.4, -0.2) is 77.9 Å². The molecule has 2 aromatic rings. The largest absolute Gasteiger partial charge is 0.485 e. The van der Waals surface area contributed by atoms with Crippen molar-refractivity contribution in [3.8, 4) is 11.5 Å². The lowest BCUT2D eigenvalue weighted by Crippen LogP contribution is -2.56. The minimum atomic E-state index is -0.679. The number of carbonyl (C=O) groups is 3. The quantitative estimate of drug-likeness (QED) is 0.708. The van der Waals surface area contributed by atoms with E-state index in [0.29, 0.717) is 50.8 Å². The van der Waals surface area contributed by atoms with E-state index in [1.807, 2.05) is 48.5 Å². The maximum atomic E-state index is 13.1. The van der Waals surface area contributed by atoms with E-state index >= 15 is 0 Å². The fourth-order valence-electron chi connectivity index (χ4n) is 4.64. The number of fused-ring (bicyclic) bond motifs is 1. The van der Waals surface area contributed by atoms with E-state index in [9.17, 15) is 14.4 Å². The summed E-state index contributed by atoms with van der Waals surface area (Å²) in [6.07, 6.45) is -0.432. The predicted molar refractivity (Wildman–Crippen MR) is 119 cm³/mol. The van der Waals surface area contributed by atoms with E-state index in [0.717, 1.165) is 5.56 Å². The highest BCUT2D eigenvalue weighted by Crippen LogP contribution is 2.31. The number of amides is 3. The molecular weight excluding hydrogens is 422 g/mol. The van der Waals surface area contributed by atoms with Crippen molar-refractivity contribution in [2.45, 2.75) is 19.1 Å². The third kappa shape index (κ3) is 4.51. The van der Waals surface area contributed by atoms with Crippen LogP contribution < -0.4 is 9.47 Å². The van der Waals surface area contributed by atoms with Gasteiger partial charge in [0.25, 0.3) is 5.91 Å². The molecule has 5 rings (SSSR count). The average molecular weight is 450 g/mol. The van der Waals surface area contributed by atoms with Gasteiger partial charge in [-0.05, 0) is 17.7 Å². The van der Waals surface area contributed by atoms with Crippen molar-refractivity contribution in [3.63, 3.8) is 0 Å². The molecule has 0 aromatic heterocycles. The standard InChI is InChI=1S/C25H27N3O5/c29-23-14-19(16-28(23)15-18-6-2-1-3-7-18)24(30)26-10-12-27(13-11-26)25(31)22-17-32-20-8-4-5-9-21(20)33-22/h1-9,19,22H,10-17H2. The number of rotatable bonds is 4. The summed E-state index contributed by atoms with van der Waals surface area (Å²) < 4.78 is 11.5. The van der Waals surface area contributed by atoms with Gasteiger partial charge in [-0.2, -0.15) is 0 Å². The Balaban J connectivity index is 1.12. The summed E-state index contributed by atoms with van der Waals surface area (Å²) in [5.41, 5.74) is 1.06. The molecule has 8 nitrogen and oxygen atoms in total. The Morgan fingerprint density at radius 2 is 1.48 bits per heavy atom. The molecule has 3 aliphatic heterocycles. The Kier molecular flexibility index (Phi) is 5.90. The highest BCUT2D eigenvalue weighted by molar-refractivity contribution is 5.89. The molecule has 8 heteroatoms. The number of hydrogen-bond acceptors (Lipinski definition) is 5. The van der Waals surface area contributed by atoms with Crippen molar-refractivity contribution < 1.29 is 23.9 Å². The zero-order valence-electron chi connectivity index (χ0n) is 18.4. The van der Waals surface area contributed by atoms with Crippen LogP contribution in [0.2, 0.25) is 0 Å². The number of hydrogen-bond donors (Lipinski definition) is 0. The van der Waals surface area contributed by atoms with Crippen LogP contribution in [0.3, 0.4) is 0 Å². The molecule has 2 atom stereocenters. The van der Waals surface area contributed by atoms with Gasteiger partial charge in [0.1, 0.15) is 6.61 Å². The number of carbonyl (C=O) groups excluding carboxylic acids is 3. The third-order valence-corrected chi connectivity index (χ3v) is 6.47. The number of benzene rings is 2. The van der Waals surface area contributed by atoms with Gasteiger partial charge in [-0.15, -0.1) is 0 Å². The summed E-state index contributed by atoms with van der Waals surface area (Å²) in [4.78, 5) is 43.7. The molecule has 0 N–H and O–H groups in total. The summed E-state index contributed by atoms with van der Waals surface area (Å²) >= 11 is 0. The van der Waals surface area contributed by atoms with Gasteiger partial charge >= 0.3 is 0 Å². The lowest BCUT2D eigenvalue weighted by Gasteiger charge is -2.37. The SMILES string of the molecule is O=C1CC(C(=O)N2CCN(C(=O)C3COc4ccccc4O3)CC2)CN1Cc1ccccc1. The van der Waals surface area contributed by atoms with E-state index in [4.69, 9.17) is 9.47 Å². The lowest BCUT2D eigenvalue weighted by molar-refractivity contribution is -0.147. The molecule has 2 fully saturated rings. The Hall–Kier alpha value is -3.55. The van der Waals surface area contributed by atoms with Gasteiger partial charge in [-0.1, -0.05) is 42.5 Å². The summed E-state index contributed by atoms with van der Waals surface area (Å²) in [7, 11) is 0.